The predicted molar refractivity (Wildman–Crippen MR) is 87.2 cm³/mol. The number of piperazine rings is 1. The van der Waals surface area contributed by atoms with Gasteiger partial charge in [-0.3, -0.25) is 4.90 Å². The second-order valence-electron chi connectivity index (χ2n) is 6.97. The van der Waals surface area contributed by atoms with E-state index in [1.165, 1.54) is 32.2 Å². The van der Waals surface area contributed by atoms with Crippen molar-refractivity contribution < 1.29 is 4.74 Å². The molecule has 0 aliphatic carbocycles. The van der Waals surface area contributed by atoms with Crippen LogP contribution in [-0.4, -0.2) is 49.3 Å². The van der Waals surface area contributed by atoms with Gasteiger partial charge in [0, 0.05) is 37.8 Å². The Morgan fingerprint density at radius 2 is 2.05 bits per heavy atom. The number of nitrogens with zero attached hydrogens (tertiary/aromatic N) is 1. The molecule has 20 heavy (non-hydrogen) atoms. The smallest absolute Gasteiger partial charge is 0.0593 e. The van der Waals surface area contributed by atoms with Crippen molar-refractivity contribution in [3.63, 3.8) is 0 Å². The zero-order valence-electron chi connectivity index (χ0n) is 14.4. The van der Waals surface area contributed by atoms with Gasteiger partial charge in [0.05, 0.1) is 6.61 Å². The van der Waals surface area contributed by atoms with E-state index in [2.05, 4.69) is 44.8 Å². The lowest BCUT2D eigenvalue weighted by atomic mass is 9.90. The van der Waals surface area contributed by atoms with Crippen molar-refractivity contribution in [2.24, 2.45) is 5.92 Å². The topological polar surface area (TPSA) is 24.5 Å². The number of ether oxygens (including phenoxy) is 1. The molecule has 1 N–H and O–H groups in total. The summed E-state index contributed by atoms with van der Waals surface area (Å²) in [5, 5.41) is 3.75. The lowest BCUT2D eigenvalue weighted by Crippen LogP contribution is -2.63. The molecule has 1 aliphatic rings. The second kappa shape index (κ2) is 9.01. The van der Waals surface area contributed by atoms with Crippen LogP contribution in [0.4, 0.5) is 0 Å². The predicted octanol–water partition coefficient (Wildman–Crippen LogP) is 3.29. The van der Waals surface area contributed by atoms with E-state index in [-0.39, 0.29) is 0 Å². The van der Waals surface area contributed by atoms with Crippen LogP contribution in [0.25, 0.3) is 0 Å². The van der Waals surface area contributed by atoms with Gasteiger partial charge in [-0.25, -0.2) is 0 Å². The molecule has 0 amide bonds. The van der Waals surface area contributed by atoms with Crippen LogP contribution in [0.5, 0.6) is 0 Å². The molecule has 2 unspecified atom stereocenters. The molecule has 1 heterocycles. The highest BCUT2D eigenvalue weighted by Gasteiger charge is 2.35. The van der Waals surface area contributed by atoms with E-state index in [0.717, 1.165) is 32.2 Å². The lowest BCUT2D eigenvalue weighted by Gasteiger charge is -2.48. The Hall–Kier alpha value is -0.120. The quantitative estimate of drug-likeness (QED) is 0.658. The Morgan fingerprint density at radius 3 is 2.65 bits per heavy atom. The van der Waals surface area contributed by atoms with Crippen LogP contribution in [0.3, 0.4) is 0 Å². The Labute approximate surface area is 126 Å². The zero-order valence-corrected chi connectivity index (χ0v) is 14.4. The van der Waals surface area contributed by atoms with Gasteiger partial charge in [-0.2, -0.15) is 0 Å². The first-order valence-corrected chi connectivity index (χ1v) is 8.58. The molecule has 1 fully saturated rings. The fourth-order valence-corrected chi connectivity index (χ4v) is 2.99. The largest absolute Gasteiger partial charge is 0.380 e. The summed E-state index contributed by atoms with van der Waals surface area (Å²) in [5.74, 6) is 0.765. The molecule has 1 aliphatic heterocycles. The fraction of sp³-hybridized carbons (Fsp3) is 1.00. The van der Waals surface area contributed by atoms with Crippen LogP contribution in [0, 0.1) is 5.92 Å². The third-order valence-corrected chi connectivity index (χ3v) is 4.64. The summed E-state index contributed by atoms with van der Waals surface area (Å²) >= 11 is 0. The van der Waals surface area contributed by atoms with Crippen LogP contribution < -0.4 is 5.32 Å². The second-order valence-corrected chi connectivity index (χ2v) is 6.97. The van der Waals surface area contributed by atoms with Crippen molar-refractivity contribution >= 4 is 0 Å². The minimum Gasteiger partial charge on any atom is -0.380 e. The van der Waals surface area contributed by atoms with Crippen LogP contribution in [0.2, 0.25) is 0 Å². The number of hydrogen-bond donors (Lipinski definition) is 1. The molecular weight excluding hydrogens is 248 g/mol. The average molecular weight is 284 g/mol. The standard InChI is InChI=1S/C17H36N2O/c1-6-8-10-20-11-9-19-13-16(12-15(3)4)18-14-17(19,5)7-2/h15-16,18H,6-14H2,1-5H3. The summed E-state index contributed by atoms with van der Waals surface area (Å²) in [6, 6.07) is 0.644. The minimum absolute atomic E-state index is 0.293. The van der Waals surface area contributed by atoms with Gasteiger partial charge in [-0.05, 0) is 32.1 Å². The highest BCUT2D eigenvalue weighted by molar-refractivity contribution is 4.95. The molecule has 1 saturated heterocycles. The molecule has 0 aromatic heterocycles. The van der Waals surface area contributed by atoms with Gasteiger partial charge >= 0.3 is 0 Å². The van der Waals surface area contributed by atoms with Crippen molar-refractivity contribution in [1.82, 2.24) is 10.2 Å². The molecule has 2 atom stereocenters. The highest BCUT2D eigenvalue weighted by atomic mass is 16.5. The maximum atomic E-state index is 5.77. The Balaban J connectivity index is 2.43. The van der Waals surface area contributed by atoms with Gasteiger partial charge in [0.1, 0.15) is 0 Å². The first-order valence-electron chi connectivity index (χ1n) is 8.58. The van der Waals surface area contributed by atoms with Gasteiger partial charge in [0.15, 0.2) is 0 Å². The molecule has 0 spiro atoms. The van der Waals surface area contributed by atoms with E-state index in [9.17, 15) is 0 Å². The summed E-state index contributed by atoms with van der Waals surface area (Å²) in [7, 11) is 0. The average Bonchev–Trinajstić information content (AvgIpc) is 2.41. The molecule has 0 radical (unpaired) electrons. The van der Waals surface area contributed by atoms with E-state index >= 15 is 0 Å². The van der Waals surface area contributed by atoms with Crippen LogP contribution in [0.15, 0.2) is 0 Å². The molecule has 0 aromatic carbocycles. The number of unbranched alkanes of at least 4 members (excludes halogenated alkanes) is 1. The first-order chi connectivity index (χ1) is 9.51. The van der Waals surface area contributed by atoms with E-state index in [0.29, 0.717) is 11.6 Å². The summed E-state index contributed by atoms with van der Waals surface area (Å²) in [6.45, 7) is 16.7. The molecule has 0 saturated carbocycles. The first kappa shape index (κ1) is 17.9. The minimum atomic E-state index is 0.293. The van der Waals surface area contributed by atoms with Gasteiger partial charge in [-0.15, -0.1) is 0 Å². The van der Waals surface area contributed by atoms with Crippen LogP contribution >= 0.6 is 0 Å². The number of hydrogen-bond acceptors (Lipinski definition) is 3. The number of nitrogens with one attached hydrogen (secondary N) is 1. The van der Waals surface area contributed by atoms with Crippen molar-refractivity contribution in [2.75, 3.05) is 32.8 Å². The summed E-state index contributed by atoms with van der Waals surface area (Å²) < 4.78 is 5.77. The molecule has 3 heteroatoms. The normalized spacial score (nSPS) is 28.2. The van der Waals surface area contributed by atoms with Crippen LogP contribution in [0.1, 0.15) is 60.3 Å². The van der Waals surface area contributed by atoms with Crippen molar-refractivity contribution in [3.8, 4) is 0 Å². The maximum Gasteiger partial charge on any atom is 0.0593 e. The third-order valence-electron chi connectivity index (χ3n) is 4.64. The molecule has 1 rings (SSSR count). The zero-order chi connectivity index (χ0) is 15.0. The van der Waals surface area contributed by atoms with E-state index in [1.54, 1.807) is 0 Å². The monoisotopic (exact) mass is 284 g/mol. The lowest BCUT2D eigenvalue weighted by molar-refractivity contribution is 0.0138. The third kappa shape index (κ3) is 5.71. The maximum absolute atomic E-state index is 5.77. The SMILES string of the molecule is CCCCOCCN1CC(CC(C)C)NCC1(C)CC. The summed E-state index contributed by atoms with van der Waals surface area (Å²) in [5.41, 5.74) is 0.293. The van der Waals surface area contributed by atoms with Gasteiger partial charge < -0.3 is 10.1 Å². The Bertz CT molecular complexity index is 257. The molecule has 120 valence electrons. The molecule has 0 bridgehead atoms. The van der Waals surface area contributed by atoms with E-state index in [4.69, 9.17) is 4.74 Å². The van der Waals surface area contributed by atoms with E-state index < -0.39 is 0 Å². The molecular formula is C17H36N2O. The van der Waals surface area contributed by atoms with Crippen molar-refractivity contribution in [1.29, 1.82) is 0 Å². The fourth-order valence-electron chi connectivity index (χ4n) is 2.99. The summed E-state index contributed by atoms with van der Waals surface area (Å²) in [6.07, 6.45) is 4.87. The molecule has 3 nitrogen and oxygen atoms in total. The van der Waals surface area contributed by atoms with Gasteiger partial charge in [-0.1, -0.05) is 34.1 Å². The highest BCUT2D eigenvalue weighted by Crippen LogP contribution is 2.24. The van der Waals surface area contributed by atoms with Crippen molar-refractivity contribution in [3.05, 3.63) is 0 Å². The number of rotatable bonds is 9. The van der Waals surface area contributed by atoms with Gasteiger partial charge in [0.2, 0.25) is 0 Å². The van der Waals surface area contributed by atoms with Crippen molar-refractivity contribution in [2.45, 2.75) is 71.9 Å². The summed E-state index contributed by atoms with van der Waals surface area (Å²) in [4.78, 5) is 2.66. The molecule has 0 aromatic rings. The van der Waals surface area contributed by atoms with Crippen LogP contribution in [-0.2, 0) is 4.74 Å². The Kier molecular flexibility index (Phi) is 8.08. The van der Waals surface area contributed by atoms with Gasteiger partial charge in [0.25, 0.3) is 0 Å². The Morgan fingerprint density at radius 1 is 1.30 bits per heavy atom. The van der Waals surface area contributed by atoms with E-state index in [1.807, 2.05) is 0 Å².